The van der Waals surface area contributed by atoms with Crippen molar-refractivity contribution in [3.63, 3.8) is 0 Å². The lowest BCUT2D eigenvalue weighted by atomic mass is 10.2. The summed E-state index contributed by atoms with van der Waals surface area (Å²) in [6.07, 6.45) is 2.73. The Hall–Kier alpha value is -2.43. The molecule has 1 aliphatic rings. The van der Waals surface area contributed by atoms with Crippen LogP contribution in [0.4, 0.5) is 5.82 Å². The highest BCUT2D eigenvalue weighted by Gasteiger charge is 2.12. The number of nitrogens with one attached hydrogen (secondary N) is 1. The molecule has 5 nitrogen and oxygen atoms in total. The van der Waals surface area contributed by atoms with Gasteiger partial charge in [0.25, 0.3) is 0 Å². The number of methoxy groups -OCH3 is 2. The van der Waals surface area contributed by atoms with Gasteiger partial charge in [-0.2, -0.15) is 0 Å². The van der Waals surface area contributed by atoms with E-state index in [1.807, 2.05) is 24.3 Å². The minimum absolute atomic E-state index is 0.432. The van der Waals surface area contributed by atoms with Crippen LogP contribution in [0, 0.1) is 0 Å². The lowest BCUT2D eigenvalue weighted by Crippen LogP contribution is -2.00. The first-order valence-corrected chi connectivity index (χ1v) is 6.86. The van der Waals surface area contributed by atoms with Gasteiger partial charge in [-0.25, -0.2) is 4.98 Å². The first-order valence-electron chi connectivity index (χ1n) is 6.86. The van der Waals surface area contributed by atoms with Gasteiger partial charge >= 0.3 is 0 Å². The summed E-state index contributed by atoms with van der Waals surface area (Å²) < 4.78 is 16.4. The summed E-state index contributed by atoms with van der Waals surface area (Å²) in [7, 11) is 3.27. The summed E-state index contributed by atoms with van der Waals surface area (Å²) in [4.78, 5) is 4.35. The first-order chi connectivity index (χ1) is 10.3. The topological polar surface area (TPSA) is 52.6 Å². The molecule has 0 saturated carbocycles. The van der Waals surface area contributed by atoms with Crippen molar-refractivity contribution in [2.75, 3.05) is 26.1 Å². The highest BCUT2D eigenvalue weighted by Crippen LogP contribution is 2.27. The number of ether oxygens (including phenoxy) is 3. The monoisotopic (exact) mass is 286 g/mol. The van der Waals surface area contributed by atoms with Crippen molar-refractivity contribution >= 4 is 5.82 Å². The van der Waals surface area contributed by atoms with Gasteiger partial charge in [0.2, 0.25) is 0 Å². The Labute approximate surface area is 123 Å². The van der Waals surface area contributed by atoms with Crippen LogP contribution in [0.15, 0.2) is 30.5 Å². The summed E-state index contributed by atoms with van der Waals surface area (Å²) in [5.41, 5.74) is 2.17. The number of hydrogen-bond acceptors (Lipinski definition) is 5. The molecule has 0 unspecified atom stereocenters. The van der Waals surface area contributed by atoms with E-state index in [4.69, 9.17) is 14.2 Å². The number of hydrogen-bond donors (Lipinski definition) is 1. The van der Waals surface area contributed by atoms with Crippen LogP contribution >= 0.6 is 0 Å². The van der Waals surface area contributed by atoms with Gasteiger partial charge in [0.1, 0.15) is 29.7 Å². The van der Waals surface area contributed by atoms with E-state index in [0.717, 1.165) is 41.6 Å². The summed E-state index contributed by atoms with van der Waals surface area (Å²) in [6.45, 7) is 1.37. The summed E-state index contributed by atoms with van der Waals surface area (Å²) in [5, 5.41) is 3.23. The Kier molecular flexibility index (Phi) is 3.81. The van der Waals surface area contributed by atoms with Crippen LogP contribution in [0.2, 0.25) is 0 Å². The molecule has 1 N–H and O–H groups in total. The van der Waals surface area contributed by atoms with Gasteiger partial charge in [-0.15, -0.1) is 0 Å². The van der Waals surface area contributed by atoms with Crippen LogP contribution in [-0.4, -0.2) is 25.7 Å². The third-order valence-electron chi connectivity index (χ3n) is 3.52. The predicted octanol–water partition coefficient (Wildman–Crippen LogP) is 2.65. The summed E-state index contributed by atoms with van der Waals surface area (Å²) >= 11 is 0. The number of fused-ring (bicyclic) bond motifs is 1. The van der Waals surface area contributed by atoms with E-state index in [2.05, 4.69) is 10.3 Å². The Bertz CT molecular complexity index is 643. The molecule has 110 valence electrons. The van der Waals surface area contributed by atoms with Crippen LogP contribution in [-0.2, 0) is 13.0 Å². The fraction of sp³-hybridized carbons (Fsp3) is 0.312. The fourth-order valence-electron chi connectivity index (χ4n) is 2.36. The molecular formula is C16H18N2O3. The van der Waals surface area contributed by atoms with Gasteiger partial charge in [0.05, 0.1) is 20.4 Å². The van der Waals surface area contributed by atoms with Crippen molar-refractivity contribution in [1.82, 2.24) is 4.98 Å². The summed E-state index contributed by atoms with van der Waals surface area (Å²) in [6, 6.07) is 7.73. The molecular weight excluding hydrogens is 268 g/mol. The minimum Gasteiger partial charge on any atom is -0.497 e. The molecule has 0 saturated heterocycles. The number of rotatable bonds is 5. The molecule has 0 bridgehead atoms. The van der Waals surface area contributed by atoms with E-state index in [0.29, 0.717) is 6.61 Å². The predicted molar refractivity (Wildman–Crippen MR) is 80.3 cm³/mol. The highest BCUT2D eigenvalue weighted by molar-refractivity contribution is 5.51. The molecule has 1 aliphatic heterocycles. The van der Waals surface area contributed by atoms with E-state index in [-0.39, 0.29) is 0 Å². The Morgan fingerprint density at radius 2 is 2.05 bits per heavy atom. The smallest absolute Gasteiger partial charge is 0.138 e. The first kappa shape index (κ1) is 13.5. The van der Waals surface area contributed by atoms with Crippen LogP contribution in [0.5, 0.6) is 17.2 Å². The molecule has 3 rings (SSSR count). The van der Waals surface area contributed by atoms with Crippen molar-refractivity contribution in [3.05, 3.63) is 41.6 Å². The zero-order valence-corrected chi connectivity index (χ0v) is 12.2. The molecule has 21 heavy (non-hydrogen) atoms. The van der Waals surface area contributed by atoms with Crippen LogP contribution in [0.25, 0.3) is 0 Å². The van der Waals surface area contributed by atoms with E-state index in [1.165, 1.54) is 5.56 Å². The van der Waals surface area contributed by atoms with Crippen molar-refractivity contribution in [2.45, 2.75) is 13.0 Å². The number of nitrogens with zero attached hydrogens (tertiary/aromatic N) is 1. The molecule has 1 aromatic heterocycles. The molecule has 5 heteroatoms. The molecule has 0 spiro atoms. The fourth-order valence-corrected chi connectivity index (χ4v) is 2.36. The van der Waals surface area contributed by atoms with Gasteiger partial charge in [-0.1, -0.05) is 0 Å². The summed E-state index contributed by atoms with van der Waals surface area (Å²) in [5.74, 6) is 3.26. The van der Waals surface area contributed by atoms with Crippen molar-refractivity contribution < 1.29 is 14.2 Å². The number of benzene rings is 1. The van der Waals surface area contributed by atoms with E-state index in [1.54, 1.807) is 20.4 Å². The largest absolute Gasteiger partial charge is 0.497 e. The van der Waals surface area contributed by atoms with Crippen molar-refractivity contribution in [2.24, 2.45) is 0 Å². The number of aromatic nitrogens is 1. The molecule has 1 aromatic carbocycles. The number of anilines is 1. The second-order valence-corrected chi connectivity index (χ2v) is 4.82. The molecule has 2 aromatic rings. The second-order valence-electron chi connectivity index (χ2n) is 4.82. The third-order valence-corrected chi connectivity index (χ3v) is 3.52. The normalized spacial score (nSPS) is 12.5. The van der Waals surface area contributed by atoms with Crippen LogP contribution < -0.4 is 19.5 Å². The van der Waals surface area contributed by atoms with Crippen molar-refractivity contribution in [3.8, 4) is 17.2 Å². The minimum atomic E-state index is 0.432. The molecule has 0 amide bonds. The maximum absolute atomic E-state index is 5.82. The van der Waals surface area contributed by atoms with Crippen LogP contribution in [0.3, 0.4) is 0 Å². The lowest BCUT2D eigenvalue weighted by Gasteiger charge is -2.12. The molecule has 0 aliphatic carbocycles. The maximum atomic E-state index is 5.82. The molecule has 0 atom stereocenters. The second kappa shape index (κ2) is 5.91. The molecule has 0 radical (unpaired) electrons. The van der Waals surface area contributed by atoms with Gasteiger partial charge < -0.3 is 19.5 Å². The SMILES string of the molecule is COc1ccc(COc2cnc3c(c2)CCN3)c(OC)c1. The zero-order valence-electron chi connectivity index (χ0n) is 12.2. The Balaban J connectivity index is 1.72. The van der Waals surface area contributed by atoms with Crippen LogP contribution in [0.1, 0.15) is 11.1 Å². The molecule has 2 heterocycles. The zero-order chi connectivity index (χ0) is 14.7. The maximum Gasteiger partial charge on any atom is 0.138 e. The standard InChI is InChI=1S/C16H18N2O3/c1-19-13-4-3-12(15(8-13)20-2)10-21-14-7-11-5-6-17-16(11)18-9-14/h3-4,7-9H,5-6,10H2,1-2H3,(H,17,18). The van der Waals surface area contributed by atoms with E-state index >= 15 is 0 Å². The van der Waals surface area contributed by atoms with Crippen molar-refractivity contribution in [1.29, 1.82) is 0 Å². The highest BCUT2D eigenvalue weighted by atomic mass is 16.5. The van der Waals surface area contributed by atoms with Gasteiger partial charge in [0, 0.05) is 18.2 Å². The van der Waals surface area contributed by atoms with E-state index in [9.17, 15) is 0 Å². The molecule has 0 fully saturated rings. The van der Waals surface area contributed by atoms with Gasteiger partial charge in [0.15, 0.2) is 0 Å². The van der Waals surface area contributed by atoms with E-state index < -0.39 is 0 Å². The number of pyridine rings is 1. The van der Waals surface area contributed by atoms with Gasteiger partial charge in [-0.3, -0.25) is 0 Å². The average molecular weight is 286 g/mol. The lowest BCUT2D eigenvalue weighted by molar-refractivity contribution is 0.294. The quantitative estimate of drug-likeness (QED) is 0.915. The Morgan fingerprint density at radius 1 is 1.14 bits per heavy atom. The van der Waals surface area contributed by atoms with Gasteiger partial charge in [-0.05, 0) is 30.2 Å². The third kappa shape index (κ3) is 2.86. The Morgan fingerprint density at radius 3 is 2.86 bits per heavy atom. The average Bonchev–Trinajstić information content (AvgIpc) is 3.00.